The molecule has 3 aromatic carbocycles. The fourth-order valence-corrected chi connectivity index (χ4v) is 3.68. The molecule has 31 heavy (non-hydrogen) atoms. The molecule has 0 spiro atoms. The maximum atomic E-state index is 3.15. The van der Waals surface area contributed by atoms with Crippen LogP contribution in [0.1, 0.15) is 66.5 Å². The van der Waals surface area contributed by atoms with Crippen molar-refractivity contribution >= 4 is 21.5 Å². The average Bonchev–Trinajstić information content (AvgIpc) is 3.14. The predicted molar refractivity (Wildman–Crippen MR) is 125 cm³/mol. The average molecular weight is 533 g/mol. The van der Waals surface area contributed by atoms with E-state index in [0.29, 0.717) is 5.92 Å². The monoisotopic (exact) mass is 530 g/mol. The molecular weight excluding hydrogens is 498 g/mol. The van der Waals surface area contributed by atoms with Crippen LogP contribution in [0.3, 0.4) is 0 Å². The van der Waals surface area contributed by atoms with E-state index in [1.807, 2.05) is 6.08 Å². The Labute approximate surface area is 220 Å². The molecule has 0 heterocycles. The molecule has 1 aliphatic carbocycles. The van der Waals surface area contributed by atoms with Crippen molar-refractivity contribution in [2.45, 2.75) is 66.2 Å². The number of hydrogen-bond donors (Lipinski definition) is 0. The summed E-state index contributed by atoms with van der Waals surface area (Å²) in [6.07, 6.45) is 7.38. The van der Waals surface area contributed by atoms with Crippen LogP contribution >= 0.6 is 0 Å². The van der Waals surface area contributed by atoms with Crippen LogP contribution in [0.2, 0.25) is 0 Å². The standard InChI is InChI=1S/C21H25.C7H9.2ClH.Zr/c1-20(2,3)16-9-7-14-11-15-8-10-17(21(4,5)6)13-19(15)18(14)12-16;1-6-3-4-7(2)5-6;;;/h7-13H,1-6H3;3,5,7H,1-2H3;2*1H;/q2*-1;;;+4/p-2. The molecule has 3 heteroatoms. The number of halogens is 2. The van der Waals surface area contributed by atoms with Gasteiger partial charge in [0.25, 0.3) is 0 Å². The van der Waals surface area contributed by atoms with Gasteiger partial charge in [0.15, 0.2) is 0 Å². The summed E-state index contributed by atoms with van der Waals surface area (Å²) in [5, 5.41) is 5.49. The van der Waals surface area contributed by atoms with Gasteiger partial charge in [-0.05, 0) is 10.8 Å². The minimum atomic E-state index is 0. The second kappa shape index (κ2) is 11.4. The van der Waals surface area contributed by atoms with E-state index in [1.165, 1.54) is 38.2 Å². The molecule has 0 aliphatic heterocycles. The second-order valence-corrected chi connectivity index (χ2v) is 10.3. The van der Waals surface area contributed by atoms with Crippen molar-refractivity contribution < 1.29 is 51.0 Å². The Morgan fingerprint density at radius 3 is 1.45 bits per heavy atom. The quantitative estimate of drug-likeness (QED) is 0.390. The van der Waals surface area contributed by atoms with Crippen LogP contribution in [0.5, 0.6) is 0 Å². The van der Waals surface area contributed by atoms with Gasteiger partial charge < -0.3 is 24.8 Å². The summed E-state index contributed by atoms with van der Waals surface area (Å²) in [6.45, 7) is 17.9. The third-order valence-corrected chi connectivity index (χ3v) is 5.53. The summed E-state index contributed by atoms with van der Waals surface area (Å²) in [6, 6.07) is 16.1. The number of hydrogen-bond acceptors (Lipinski definition) is 0. The van der Waals surface area contributed by atoms with Crippen LogP contribution < -0.4 is 24.8 Å². The van der Waals surface area contributed by atoms with E-state index < -0.39 is 0 Å². The third kappa shape index (κ3) is 7.38. The molecule has 4 rings (SSSR count). The fourth-order valence-electron chi connectivity index (χ4n) is 3.68. The van der Waals surface area contributed by atoms with E-state index in [-0.39, 0.29) is 61.8 Å². The largest absolute Gasteiger partial charge is 4.00 e. The number of fused-ring (bicyclic) bond motifs is 3. The van der Waals surface area contributed by atoms with E-state index in [0.717, 1.165) is 0 Å². The van der Waals surface area contributed by atoms with Crippen LogP contribution in [0.25, 0.3) is 21.5 Å². The van der Waals surface area contributed by atoms with E-state index in [9.17, 15) is 0 Å². The van der Waals surface area contributed by atoms with Crippen LogP contribution in [-0.4, -0.2) is 0 Å². The summed E-state index contributed by atoms with van der Waals surface area (Å²) < 4.78 is 0. The molecule has 0 bridgehead atoms. The van der Waals surface area contributed by atoms with E-state index in [1.54, 1.807) is 0 Å². The Kier molecular flexibility index (Phi) is 11.1. The zero-order chi connectivity index (χ0) is 20.7. The van der Waals surface area contributed by atoms with E-state index >= 15 is 0 Å². The first kappa shape index (κ1) is 30.3. The van der Waals surface area contributed by atoms with Crippen LogP contribution in [-0.2, 0) is 37.0 Å². The summed E-state index contributed by atoms with van der Waals surface area (Å²) in [5.41, 5.74) is 4.54. The minimum Gasteiger partial charge on any atom is -1.00 e. The van der Waals surface area contributed by atoms with Gasteiger partial charge in [0.2, 0.25) is 0 Å². The Balaban J connectivity index is 0.000000777. The Morgan fingerprint density at radius 2 is 1.19 bits per heavy atom. The Hall–Kier alpha value is -0.747. The summed E-state index contributed by atoms with van der Waals surface area (Å²) in [4.78, 5) is 0. The summed E-state index contributed by atoms with van der Waals surface area (Å²) in [7, 11) is 0. The van der Waals surface area contributed by atoms with Crippen molar-refractivity contribution in [3.05, 3.63) is 77.4 Å². The van der Waals surface area contributed by atoms with Crippen LogP contribution in [0.4, 0.5) is 0 Å². The zero-order valence-electron chi connectivity index (χ0n) is 20.0. The summed E-state index contributed by atoms with van der Waals surface area (Å²) in [5.74, 6) is 0.556. The molecule has 1 unspecified atom stereocenters. The minimum absolute atomic E-state index is 0. The molecule has 0 N–H and O–H groups in total. The van der Waals surface area contributed by atoms with Crippen LogP contribution in [0.15, 0.2) is 60.2 Å². The number of allylic oxidation sites excluding steroid dienone is 4. The maximum Gasteiger partial charge on any atom is 4.00 e. The molecule has 0 saturated carbocycles. The zero-order valence-corrected chi connectivity index (χ0v) is 24.0. The van der Waals surface area contributed by atoms with E-state index in [2.05, 4.69) is 110 Å². The summed E-state index contributed by atoms with van der Waals surface area (Å²) >= 11 is 0. The molecule has 0 radical (unpaired) electrons. The molecule has 3 aromatic rings. The van der Waals surface area contributed by atoms with Crippen molar-refractivity contribution in [2.75, 3.05) is 0 Å². The molecule has 0 saturated heterocycles. The van der Waals surface area contributed by atoms with Crippen molar-refractivity contribution in [3.8, 4) is 0 Å². The topological polar surface area (TPSA) is 0 Å². The normalized spacial score (nSPS) is 15.4. The molecule has 0 aromatic heterocycles. The van der Waals surface area contributed by atoms with Gasteiger partial charge >= 0.3 is 26.2 Å². The molecule has 1 atom stereocenters. The van der Waals surface area contributed by atoms with Gasteiger partial charge in [-0.2, -0.15) is 6.08 Å². The third-order valence-electron chi connectivity index (χ3n) is 5.53. The van der Waals surface area contributed by atoms with E-state index in [4.69, 9.17) is 0 Å². The van der Waals surface area contributed by atoms with Gasteiger partial charge in [-0.1, -0.05) is 89.8 Å². The van der Waals surface area contributed by atoms with Crippen LogP contribution in [0, 0.1) is 12.0 Å². The van der Waals surface area contributed by atoms with Crippen molar-refractivity contribution in [3.63, 3.8) is 0 Å². The first-order valence-electron chi connectivity index (χ1n) is 10.4. The van der Waals surface area contributed by atoms with Gasteiger partial charge in [-0.15, -0.1) is 46.7 Å². The molecule has 0 fully saturated rings. The second-order valence-electron chi connectivity index (χ2n) is 10.3. The predicted octanol–water partition coefficient (Wildman–Crippen LogP) is 2.25. The van der Waals surface area contributed by atoms with Gasteiger partial charge in [0.1, 0.15) is 0 Å². The molecule has 1 aliphatic rings. The maximum absolute atomic E-state index is 3.15. The molecule has 0 nitrogen and oxygen atoms in total. The molecule has 164 valence electrons. The van der Waals surface area contributed by atoms with Crippen molar-refractivity contribution in [1.82, 2.24) is 0 Å². The van der Waals surface area contributed by atoms with Gasteiger partial charge in [-0.3, -0.25) is 6.08 Å². The number of rotatable bonds is 0. The SMILES string of the molecule is CC(C)(C)c1ccc2[cH-]c3ccc(C(C)(C)C)cc3c2c1.CC1=CC(C)[C-]=C1.[Cl-].[Cl-].[Zr+4]. The Morgan fingerprint density at radius 1 is 0.774 bits per heavy atom. The van der Waals surface area contributed by atoms with Crippen molar-refractivity contribution in [2.24, 2.45) is 5.92 Å². The van der Waals surface area contributed by atoms with Gasteiger partial charge in [0.05, 0.1) is 0 Å². The first-order valence-corrected chi connectivity index (χ1v) is 10.4. The number of benzene rings is 2. The molecule has 0 amide bonds. The fraction of sp³-hybridized carbons (Fsp3) is 0.393. The smallest absolute Gasteiger partial charge is 1.00 e. The molecular formula is C28H34Cl2Zr. The van der Waals surface area contributed by atoms with Gasteiger partial charge in [0, 0.05) is 0 Å². The Bertz CT molecular complexity index is 988. The van der Waals surface area contributed by atoms with Crippen molar-refractivity contribution in [1.29, 1.82) is 0 Å². The first-order chi connectivity index (χ1) is 12.9. The van der Waals surface area contributed by atoms with Gasteiger partial charge in [-0.25, -0.2) is 11.6 Å².